The van der Waals surface area contributed by atoms with Gasteiger partial charge in [0, 0.05) is 26.7 Å². The summed E-state index contributed by atoms with van der Waals surface area (Å²) in [6, 6.07) is 5.77. The molecule has 0 saturated heterocycles. The monoisotopic (exact) mass is 315 g/mol. The summed E-state index contributed by atoms with van der Waals surface area (Å²) < 4.78 is 12.7. The molecular formula is C17H21N3O3. The van der Waals surface area contributed by atoms with Gasteiger partial charge in [0.15, 0.2) is 11.5 Å². The topological polar surface area (TPSA) is 56.6 Å². The lowest BCUT2D eigenvalue weighted by Crippen LogP contribution is -2.40. The smallest absolute Gasteiger partial charge is 0.220 e. The fourth-order valence-electron chi connectivity index (χ4n) is 3.26. The van der Waals surface area contributed by atoms with E-state index in [1.807, 2.05) is 34.8 Å². The fourth-order valence-corrected chi connectivity index (χ4v) is 3.26. The highest BCUT2D eigenvalue weighted by molar-refractivity contribution is 5.75. The largest absolute Gasteiger partial charge is 0.493 e. The Kier molecular flexibility index (Phi) is 3.98. The molecule has 3 rings (SSSR count). The highest BCUT2D eigenvalue weighted by Crippen LogP contribution is 2.40. The SMILES string of the molecule is COc1cc2c(cc1OC)C(c1ccnn1C)N(C(C)=O)CC2. The van der Waals surface area contributed by atoms with Crippen LogP contribution in [0, 0.1) is 0 Å². The maximum absolute atomic E-state index is 12.1. The van der Waals surface area contributed by atoms with E-state index in [0.717, 1.165) is 17.7 Å². The third-order valence-corrected chi connectivity index (χ3v) is 4.42. The molecule has 1 aromatic carbocycles. The van der Waals surface area contributed by atoms with Gasteiger partial charge in [-0.3, -0.25) is 9.48 Å². The van der Waals surface area contributed by atoms with Crippen LogP contribution < -0.4 is 9.47 Å². The van der Waals surface area contributed by atoms with E-state index in [2.05, 4.69) is 5.10 Å². The zero-order valence-corrected chi connectivity index (χ0v) is 13.9. The summed E-state index contributed by atoms with van der Waals surface area (Å²) in [7, 11) is 5.14. The number of ether oxygens (including phenoxy) is 2. The van der Waals surface area contributed by atoms with Gasteiger partial charge in [-0.1, -0.05) is 0 Å². The lowest BCUT2D eigenvalue weighted by Gasteiger charge is -2.37. The van der Waals surface area contributed by atoms with Crippen molar-refractivity contribution in [1.29, 1.82) is 0 Å². The summed E-state index contributed by atoms with van der Waals surface area (Å²) in [6.45, 7) is 2.28. The number of hydrogen-bond acceptors (Lipinski definition) is 4. The Morgan fingerprint density at radius 1 is 1.26 bits per heavy atom. The molecule has 0 radical (unpaired) electrons. The maximum atomic E-state index is 12.1. The Labute approximate surface area is 135 Å². The van der Waals surface area contributed by atoms with Gasteiger partial charge in [-0.2, -0.15) is 5.10 Å². The minimum atomic E-state index is -0.163. The van der Waals surface area contributed by atoms with E-state index in [9.17, 15) is 4.79 Å². The minimum Gasteiger partial charge on any atom is -0.493 e. The summed E-state index contributed by atoms with van der Waals surface area (Å²) in [5.74, 6) is 1.44. The van der Waals surface area contributed by atoms with Crippen LogP contribution in [0.2, 0.25) is 0 Å². The van der Waals surface area contributed by atoms with Crippen molar-refractivity contribution in [2.45, 2.75) is 19.4 Å². The second-order valence-corrected chi connectivity index (χ2v) is 5.65. The Morgan fingerprint density at radius 3 is 2.52 bits per heavy atom. The van der Waals surface area contributed by atoms with E-state index in [-0.39, 0.29) is 11.9 Å². The Bertz CT molecular complexity index is 739. The van der Waals surface area contributed by atoms with Crippen molar-refractivity contribution in [3.05, 3.63) is 41.2 Å². The lowest BCUT2D eigenvalue weighted by atomic mass is 9.90. The number of carbonyl (C=O) groups excluding carboxylic acids is 1. The standard InChI is InChI=1S/C17H21N3O3/c1-11(21)20-8-6-12-9-15(22-3)16(23-4)10-13(12)17(20)14-5-7-18-19(14)2/h5,7,9-10,17H,6,8H2,1-4H3. The first kappa shape index (κ1) is 15.4. The third-order valence-electron chi connectivity index (χ3n) is 4.42. The molecule has 6 nitrogen and oxygen atoms in total. The zero-order chi connectivity index (χ0) is 16.6. The van der Waals surface area contributed by atoms with Crippen molar-refractivity contribution in [3.8, 4) is 11.5 Å². The Balaban J connectivity index is 2.19. The summed E-state index contributed by atoms with van der Waals surface area (Å²) in [6.07, 6.45) is 2.55. The number of amides is 1. The van der Waals surface area contributed by atoms with E-state index in [0.29, 0.717) is 18.0 Å². The summed E-state index contributed by atoms with van der Waals surface area (Å²) in [4.78, 5) is 14.0. The fraction of sp³-hybridized carbons (Fsp3) is 0.412. The Morgan fingerprint density at radius 2 is 1.96 bits per heavy atom. The van der Waals surface area contributed by atoms with Crippen LogP contribution >= 0.6 is 0 Å². The van der Waals surface area contributed by atoms with E-state index in [1.165, 1.54) is 5.56 Å². The first-order chi connectivity index (χ1) is 11.1. The Hall–Kier alpha value is -2.50. The van der Waals surface area contributed by atoms with Crippen LogP contribution in [0.5, 0.6) is 11.5 Å². The van der Waals surface area contributed by atoms with Gasteiger partial charge in [0.05, 0.1) is 26.0 Å². The number of fused-ring (bicyclic) bond motifs is 1. The first-order valence-electron chi connectivity index (χ1n) is 7.56. The van der Waals surface area contributed by atoms with Gasteiger partial charge in [0.25, 0.3) is 0 Å². The van der Waals surface area contributed by atoms with Gasteiger partial charge < -0.3 is 14.4 Å². The number of aromatic nitrogens is 2. The van der Waals surface area contributed by atoms with Crippen LogP contribution in [0.1, 0.15) is 29.8 Å². The summed E-state index contributed by atoms with van der Waals surface area (Å²) in [5.41, 5.74) is 3.22. The maximum Gasteiger partial charge on any atom is 0.220 e. The van der Waals surface area contributed by atoms with Gasteiger partial charge in [-0.25, -0.2) is 0 Å². The van der Waals surface area contributed by atoms with E-state index < -0.39 is 0 Å². The van der Waals surface area contributed by atoms with Gasteiger partial charge in [0.1, 0.15) is 0 Å². The quantitative estimate of drug-likeness (QED) is 0.868. The molecule has 1 atom stereocenters. The van der Waals surface area contributed by atoms with Crippen LogP contribution in [0.25, 0.3) is 0 Å². The predicted octanol–water partition coefficient (Wildman–Crippen LogP) is 1.93. The van der Waals surface area contributed by atoms with Crippen molar-refractivity contribution in [3.63, 3.8) is 0 Å². The molecule has 0 N–H and O–H groups in total. The predicted molar refractivity (Wildman–Crippen MR) is 85.7 cm³/mol. The lowest BCUT2D eigenvalue weighted by molar-refractivity contribution is -0.131. The van der Waals surface area contributed by atoms with Crippen molar-refractivity contribution >= 4 is 5.91 Å². The van der Waals surface area contributed by atoms with Gasteiger partial charge in [-0.05, 0) is 35.7 Å². The van der Waals surface area contributed by atoms with Gasteiger partial charge in [-0.15, -0.1) is 0 Å². The van der Waals surface area contributed by atoms with E-state index >= 15 is 0 Å². The zero-order valence-electron chi connectivity index (χ0n) is 13.9. The number of benzene rings is 1. The molecule has 1 amide bonds. The van der Waals surface area contributed by atoms with E-state index in [4.69, 9.17) is 9.47 Å². The summed E-state index contributed by atoms with van der Waals surface area (Å²) >= 11 is 0. The highest BCUT2D eigenvalue weighted by Gasteiger charge is 2.33. The molecule has 2 aromatic rings. The first-order valence-corrected chi connectivity index (χ1v) is 7.56. The molecule has 0 aliphatic carbocycles. The number of carbonyl (C=O) groups is 1. The van der Waals surface area contributed by atoms with Crippen LogP contribution in [0.4, 0.5) is 0 Å². The van der Waals surface area contributed by atoms with Gasteiger partial charge in [0.2, 0.25) is 5.91 Å². The molecule has 6 heteroatoms. The van der Waals surface area contributed by atoms with Gasteiger partial charge >= 0.3 is 0 Å². The molecule has 122 valence electrons. The molecule has 0 saturated carbocycles. The average molecular weight is 315 g/mol. The molecule has 0 bridgehead atoms. The molecule has 0 spiro atoms. The molecular weight excluding hydrogens is 294 g/mol. The minimum absolute atomic E-state index is 0.0524. The number of hydrogen-bond donors (Lipinski definition) is 0. The number of methoxy groups -OCH3 is 2. The van der Waals surface area contributed by atoms with Crippen molar-refractivity contribution < 1.29 is 14.3 Å². The van der Waals surface area contributed by atoms with Crippen LogP contribution in [-0.2, 0) is 18.3 Å². The van der Waals surface area contributed by atoms with Crippen molar-refractivity contribution in [2.75, 3.05) is 20.8 Å². The molecule has 23 heavy (non-hydrogen) atoms. The second kappa shape index (κ2) is 5.95. The normalized spacial score (nSPS) is 16.9. The van der Waals surface area contributed by atoms with Crippen molar-refractivity contribution in [2.24, 2.45) is 7.05 Å². The number of aryl methyl sites for hydroxylation is 1. The molecule has 0 fully saturated rings. The van der Waals surface area contributed by atoms with Crippen LogP contribution in [-0.4, -0.2) is 41.4 Å². The molecule has 1 aliphatic heterocycles. The molecule has 1 aromatic heterocycles. The molecule has 1 aliphatic rings. The molecule has 1 unspecified atom stereocenters. The highest BCUT2D eigenvalue weighted by atomic mass is 16.5. The third kappa shape index (κ3) is 2.54. The van der Waals surface area contributed by atoms with Crippen LogP contribution in [0.3, 0.4) is 0 Å². The van der Waals surface area contributed by atoms with Crippen LogP contribution in [0.15, 0.2) is 24.4 Å². The average Bonchev–Trinajstić information content (AvgIpc) is 2.97. The van der Waals surface area contributed by atoms with Crippen molar-refractivity contribution in [1.82, 2.24) is 14.7 Å². The number of nitrogens with zero attached hydrogens (tertiary/aromatic N) is 3. The number of rotatable bonds is 3. The molecule has 2 heterocycles. The van der Waals surface area contributed by atoms with E-state index in [1.54, 1.807) is 27.3 Å². The second-order valence-electron chi connectivity index (χ2n) is 5.65. The summed E-state index contributed by atoms with van der Waals surface area (Å²) in [5, 5.41) is 4.26.